The fourth-order valence-corrected chi connectivity index (χ4v) is 2.23. The highest BCUT2D eigenvalue weighted by Crippen LogP contribution is 2.04. The van der Waals surface area contributed by atoms with Crippen molar-refractivity contribution in [1.82, 2.24) is 9.88 Å². The van der Waals surface area contributed by atoms with Crippen molar-refractivity contribution in [2.75, 3.05) is 6.54 Å². The summed E-state index contributed by atoms with van der Waals surface area (Å²) in [5, 5.41) is 2.76. The summed E-state index contributed by atoms with van der Waals surface area (Å²) in [6.45, 7) is 0.896. The molecule has 19 heavy (non-hydrogen) atoms. The van der Waals surface area contributed by atoms with Crippen LogP contribution in [0.2, 0.25) is 0 Å². The maximum atomic E-state index is 12.1. The second kappa shape index (κ2) is 4.68. The Morgan fingerprint density at radius 3 is 2.84 bits per heavy atom. The van der Waals surface area contributed by atoms with Gasteiger partial charge in [0.15, 0.2) is 12.2 Å². The minimum absolute atomic E-state index is 0.0361. The molecule has 0 saturated heterocycles. The van der Waals surface area contributed by atoms with E-state index in [2.05, 4.69) is 5.32 Å². The number of aromatic nitrogens is 2. The Hall–Kier alpha value is -2.43. The Morgan fingerprint density at radius 1 is 1.32 bits per heavy atom. The molecular weight excluding hydrogens is 242 g/mol. The summed E-state index contributed by atoms with van der Waals surface area (Å²) >= 11 is 0. The van der Waals surface area contributed by atoms with E-state index in [-0.39, 0.29) is 18.4 Å². The van der Waals surface area contributed by atoms with Crippen molar-refractivity contribution in [2.24, 2.45) is 0 Å². The van der Waals surface area contributed by atoms with Crippen molar-refractivity contribution in [3.63, 3.8) is 0 Å². The SMILES string of the molecule is O=C(C[n+]1cc2n(c1)C(=O)NCC2)c1ccccc1. The van der Waals surface area contributed by atoms with Gasteiger partial charge in [-0.3, -0.25) is 4.79 Å². The van der Waals surface area contributed by atoms with Crippen molar-refractivity contribution >= 4 is 11.8 Å². The lowest BCUT2D eigenvalue weighted by Gasteiger charge is -2.07. The van der Waals surface area contributed by atoms with Crippen LogP contribution in [0.5, 0.6) is 0 Å². The Bertz CT molecular complexity index is 631. The summed E-state index contributed by atoms with van der Waals surface area (Å²) in [6.07, 6.45) is 4.32. The zero-order valence-electron chi connectivity index (χ0n) is 10.4. The molecule has 0 aliphatic carbocycles. The number of carbonyl (C=O) groups excluding carboxylic acids is 2. The van der Waals surface area contributed by atoms with Crippen molar-refractivity contribution in [2.45, 2.75) is 13.0 Å². The van der Waals surface area contributed by atoms with Crippen LogP contribution >= 0.6 is 0 Å². The fourth-order valence-electron chi connectivity index (χ4n) is 2.23. The van der Waals surface area contributed by atoms with Gasteiger partial charge in [-0.2, -0.15) is 0 Å². The van der Waals surface area contributed by atoms with Gasteiger partial charge < -0.3 is 5.32 Å². The minimum Gasteiger partial charge on any atom is -0.317 e. The summed E-state index contributed by atoms with van der Waals surface area (Å²) in [7, 11) is 0. The molecule has 0 atom stereocenters. The van der Waals surface area contributed by atoms with Gasteiger partial charge in [-0.15, -0.1) is 4.57 Å². The molecule has 5 heteroatoms. The first-order valence-electron chi connectivity index (χ1n) is 6.21. The molecule has 0 radical (unpaired) electrons. The molecule has 1 aliphatic heterocycles. The van der Waals surface area contributed by atoms with Crippen LogP contribution in [-0.4, -0.2) is 22.9 Å². The number of nitrogens with one attached hydrogen (secondary N) is 1. The third kappa shape index (κ3) is 2.27. The van der Waals surface area contributed by atoms with Gasteiger partial charge in [0.2, 0.25) is 5.78 Å². The molecule has 1 aromatic heterocycles. The molecule has 0 unspecified atom stereocenters. The second-order valence-electron chi connectivity index (χ2n) is 4.55. The lowest BCUT2D eigenvalue weighted by atomic mass is 10.1. The van der Waals surface area contributed by atoms with Crippen LogP contribution in [0.25, 0.3) is 0 Å². The lowest BCUT2D eigenvalue weighted by molar-refractivity contribution is -0.682. The summed E-state index contributed by atoms with van der Waals surface area (Å²) < 4.78 is 3.32. The molecule has 96 valence electrons. The van der Waals surface area contributed by atoms with E-state index >= 15 is 0 Å². The van der Waals surface area contributed by atoms with E-state index in [1.54, 1.807) is 27.6 Å². The van der Waals surface area contributed by atoms with Crippen LogP contribution in [0, 0.1) is 0 Å². The van der Waals surface area contributed by atoms with Crippen LogP contribution in [-0.2, 0) is 13.0 Å². The van der Waals surface area contributed by atoms with Crippen molar-refractivity contribution < 1.29 is 14.2 Å². The number of ketones is 1. The first-order chi connectivity index (χ1) is 9.24. The minimum atomic E-state index is -0.132. The largest absolute Gasteiger partial charge is 0.413 e. The van der Waals surface area contributed by atoms with E-state index in [4.69, 9.17) is 0 Å². The molecule has 1 N–H and O–H groups in total. The monoisotopic (exact) mass is 256 g/mol. The van der Waals surface area contributed by atoms with Crippen LogP contribution in [0.3, 0.4) is 0 Å². The van der Waals surface area contributed by atoms with Crippen LogP contribution in [0.4, 0.5) is 4.79 Å². The van der Waals surface area contributed by atoms with E-state index in [0.717, 1.165) is 12.1 Å². The molecule has 0 saturated carbocycles. The summed E-state index contributed by atoms with van der Waals surface area (Å²) in [4.78, 5) is 23.7. The highest BCUT2D eigenvalue weighted by atomic mass is 16.2. The van der Waals surface area contributed by atoms with Gasteiger partial charge in [0, 0.05) is 18.5 Å². The Kier molecular flexibility index (Phi) is 2.87. The maximum Gasteiger partial charge on any atom is 0.413 e. The predicted molar refractivity (Wildman–Crippen MR) is 67.9 cm³/mol. The molecule has 5 nitrogen and oxygen atoms in total. The Morgan fingerprint density at radius 2 is 2.11 bits per heavy atom. The number of hydrogen-bond donors (Lipinski definition) is 1. The zero-order valence-corrected chi connectivity index (χ0v) is 10.4. The van der Waals surface area contributed by atoms with Gasteiger partial charge in [-0.05, 0) is 0 Å². The molecule has 2 aromatic rings. The smallest absolute Gasteiger partial charge is 0.317 e. The molecule has 0 fully saturated rings. The number of fused-ring (bicyclic) bond motifs is 1. The Balaban J connectivity index is 1.81. The highest BCUT2D eigenvalue weighted by Gasteiger charge is 2.25. The third-order valence-electron chi connectivity index (χ3n) is 3.19. The lowest BCUT2D eigenvalue weighted by Crippen LogP contribution is -2.38. The van der Waals surface area contributed by atoms with E-state index in [0.29, 0.717) is 12.1 Å². The molecule has 1 aliphatic rings. The highest BCUT2D eigenvalue weighted by molar-refractivity contribution is 5.94. The van der Waals surface area contributed by atoms with E-state index < -0.39 is 0 Å². The summed E-state index contributed by atoms with van der Waals surface area (Å²) in [6, 6.07) is 9.03. The van der Waals surface area contributed by atoms with E-state index in [9.17, 15) is 9.59 Å². The maximum absolute atomic E-state index is 12.1. The molecule has 2 heterocycles. The average Bonchev–Trinajstić information content (AvgIpc) is 2.84. The van der Waals surface area contributed by atoms with Gasteiger partial charge in [0.05, 0.1) is 0 Å². The normalized spacial score (nSPS) is 13.8. The summed E-state index contributed by atoms with van der Waals surface area (Å²) in [5.74, 6) is 0.0361. The molecule has 1 amide bonds. The van der Waals surface area contributed by atoms with Crippen molar-refractivity contribution in [3.8, 4) is 0 Å². The van der Waals surface area contributed by atoms with Crippen molar-refractivity contribution in [1.29, 1.82) is 0 Å². The second-order valence-corrected chi connectivity index (χ2v) is 4.55. The quantitative estimate of drug-likeness (QED) is 0.651. The molecule has 1 aromatic carbocycles. The molecule has 0 bridgehead atoms. The Labute approximate surface area is 110 Å². The first kappa shape index (κ1) is 11.6. The molecule has 3 rings (SSSR count). The van der Waals surface area contributed by atoms with Crippen molar-refractivity contribution in [3.05, 3.63) is 54.1 Å². The standard InChI is InChI=1S/C14H13N3O2/c18-13(11-4-2-1-3-5-11)9-16-8-12-6-7-15-14(19)17(12)10-16/h1-5,8,10H,6-7,9H2/p+1. The van der Waals surface area contributed by atoms with Gasteiger partial charge in [-0.25, -0.2) is 9.36 Å². The first-order valence-corrected chi connectivity index (χ1v) is 6.21. The van der Waals surface area contributed by atoms with Gasteiger partial charge in [-0.1, -0.05) is 30.3 Å². The summed E-state index contributed by atoms with van der Waals surface area (Å²) in [5.41, 5.74) is 1.62. The predicted octanol–water partition coefficient (Wildman–Crippen LogP) is 0.772. The third-order valence-corrected chi connectivity index (χ3v) is 3.19. The number of amides is 1. The number of carbonyl (C=O) groups is 2. The number of nitrogens with zero attached hydrogens (tertiary/aromatic N) is 2. The van der Waals surface area contributed by atoms with E-state index in [1.165, 1.54) is 0 Å². The number of imidazole rings is 1. The fraction of sp³-hybridized carbons (Fsp3) is 0.214. The number of benzene rings is 1. The van der Waals surface area contributed by atoms with E-state index in [1.807, 2.05) is 24.4 Å². The molecular formula is C14H14N3O2+. The van der Waals surface area contributed by atoms with Gasteiger partial charge in [0.25, 0.3) is 6.33 Å². The van der Waals surface area contributed by atoms with Gasteiger partial charge >= 0.3 is 6.03 Å². The average molecular weight is 256 g/mol. The van der Waals surface area contributed by atoms with Gasteiger partial charge in [0.1, 0.15) is 6.20 Å². The topological polar surface area (TPSA) is 55.0 Å². The van der Waals surface area contributed by atoms with Crippen LogP contribution < -0.4 is 9.88 Å². The number of hydrogen-bond acceptors (Lipinski definition) is 2. The molecule has 0 spiro atoms. The number of rotatable bonds is 3. The van der Waals surface area contributed by atoms with Crippen LogP contribution in [0.15, 0.2) is 42.9 Å². The number of Topliss-reactive ketones (excluding diaryl/α,β-unsaturated/α-hetero) is 1. The zero-order chi connectivity index (χ0) is 13.2. The van der Waals surface area contributed by atoms with Crippen LogP contribution in [0.1, 0.15) is 16.1 Å².